The van der Waals surface area contributed by atoms with Gasteiger partial charge < -0.3 is 9.73 Å². The van der Waals surface area contributed by atoms with Gasteiger partial charge in [0.2, 0.25) is 5.91 Å². The molecular weight excluding hydrogens is 378 g/mol. The highest BCUT2D eigenvalue weighted by molar-refractivity contribution is 5.82. The molecule has 30 heavy (non-hydrogen) atoms. The zero-order valence-electron chi connectivity index (χ0n) is 17.5. The lowest BCUT2D eigenvalue weighted by atomic mass is 10.1. The maximum atomic E-state index is 12.7. The van der Waals surface area contributed by atoms with Gasteiger partial charge in [0.15, 0.2) is 5.58 Å². The summed E-state index contributed by atoms with van der Waals surface area (Å²) in [6.45, 7) is 5.48. The van der Waals surface area contributed by atoms with Crippen molar-refractivity contribution in [3.05, 3.63) is 70.2 Å². The first kappa shape index (κ1) is 20.4. The number of amides is 1. The Morgan fingerprint density at radius 1 is 1.00 bits per heavy atom. The molecule has 1 amide bonds. The van der Waals surface area contributed by atoms with Gasteiger partial charge in [-0.25, -0.2) is 4.79 Å². The van der Waals surface area contributed by atoms with Crippen LogP contribution in [0.15, 0.2) is 57.7 Å². The number of para-hydroxylation sites is 2. The zero-order chi connectivity index (χ0) is 20.9. The number of nitrogens with zero attached hydrogens (tertiary/aromatic N) is 2. The number of benzene rings is 2. The molecule has 6 heteroatoms. The molecule has 1 atom stereocenters. The zero-order valence-corrected chi connectivity index (χ0v) is 17.5. The van der Waals surface area contributed by atoms with Gasteiger partial charge in [-0.15, -0.1) is 0 Å². The first-order valence-electron chi connectivity index (χ1n) is 10.8. The van der Waals surface area contributed by atoms with Gasteiger partial charge >= 0.3 is 5.76 Å². The summed E-state index contributed by atoms with van der Waals surface area (Å²) in [4.78, 5) is 27.4. The number of oxazole rings is 1. The Morgan fingerprint density at radius 2 is 1.67 bits per heavy atom. The van der Waals surface area contributed by atoms with Gasteiger partial charge in [-0.05, 0) is 56.1 Å². The van der Waals surface area contributed by atoms with Crippen molar-refractivity contribution in [2.24, 2.45) is 0 Å². The van der Waals surface area contributed by atoms with E-state index in [1.807, 2.05) is 6.07 Å². The van der Waals surface area contributed by atoms with Crippen molar-refractivity contribution in [1.29, 1.82) is 0 Å². The molecule has 1 aliphatic rings. The van der Waals surface area contributed by atoms with Crippen molar-refractivity contribution in [2.45, 2.75) is 51.7 Å². The molecule has 3 aromatic rings. The summed E-state index contributed by atoms with van der Waals surface area (Å²) in [6, 6.07) is 14.9. The second-order valence-corrected chi connectivity index (χ2v) is 8.11. The Morgan fingerprint density at radius 3 is 2.40 bits per heavy atom. The molecule has 0 bridgehead atoms. The number of hydrogen-bond donors (Lipinski definition) is 1. The number of likely N-dealkylation sites (tertiary alicyclic amines) is 1. The van der Waals surface area contributed by atoms with Crippen LogP contribution in [0.1, 0.15) is 49.8 Å². The highest BCUT2D eigenvalue weighted by Crippen LogP contribution is 2.17. The molecule has 1 aromatic heterocycles. The number of carbonyl (C=O) groups excluding carboxylic acids is 1. The highest BCUT2D eigenvalue weighted by atomic mass is 16.4. The highest BCUT2D eigenvalue weighted by Gasteiger charge is 2.21. The van der Waals surface area contributed by atoms with Gasteiger partial charge in [0.05, 0.1) is 5.52 Å². The van der Waals surface area contributed by atoms with Crippen LogP contribution in [0.2, 0.25) is 0 Å². The van der Waals surface area contributed by atoms with Crippen LogP contribution in [0.3, 0.4) is 0 Å². The van der Waals surface area contributed by atoms with E-state index in [-0.39, 0.29) is 5.91 Å². The molecule has 1 fully saturated rings. The number of aromatic nitrogens is 1. The number of hydrogen-bond acceptors (Lipinski definition) is 4. The van der Waals surface area contributed by atoms with E-state index in [0.717, 1.165) is 12.1 Å². The Labute approximate surface area is 176 Å². The van der Waals surface area contributed by atoms with E-state index < -0.39 is 11.8 Å². The number of fused-ring (bicyclic) bond motifs is 1. The SMILES string of the molecule is CC(C(=O)NCc1ccc(CN2CCCCCC2)cc1)n1c(=O)oc2ccccc21. The molecule has 4 rings (SSSR count). The molecule has 1 unspecified atom stereocenters. The monoisotopic (exact) mass is 407 g/mol. The first-order chi connectivity index (χ1) is 14.6. The Hall–Kier alpha value is -2.86. The van der Waals surface area contributed by atoms with E-state index in [4.69, 9.17) is 4.42 Å². The third-order valence-electron chi connectivity index (χ3n) is 5.88. The van der Waals surface area contributed by atoms with E-state index in [1.54, 1.807) is 25.1 Å². The van der Waals surface area contributed by atoms with E-state index in [2.05, 4.69) is 34.5 Å². The number of nitrogens with one attached hydrogen (secondary N) is 1. The lowest BCUT2D eigenvalue weighted by Gasteiger charge is -2.20. The van der Waals surface area contributed by atoms with Gasteiger partial charge in [-0.1, -0.05) is 49.2 Å². The molecule has 0 spiro atoms. The van der Waals surface area contributed by atoms with Crippen molar-refractivity contribution >= 4 is 17.0 Å². The second kappa shape index (κ2) is 9.30. The van der Waals surface area contributed by atoms with Crippen LogP contribution in [0, 0.1) is 0 Å². The van der Waals surface area contributed by atoms with Crippen LogP contribution >= 0.6 is 0 Å². The third kappa shape index (κ3) is 4.65. The Kier molecular flexibility index (Phi) is 6.33. The predicted octanol–water partition coefficient (Wildman–Crippen LogP) is 3.85. The van der Waals surface area contributed by atoms with Crippen molar-refractivity contribution < 1.29 is 9.21 Å². The molecule has 1 N–H and O–H groups in total. The molecule has 1 aliphatic heterocycles. The summed E-state index contributed by atoms with van der Waals surface area (Å²) in [5, 5.41) is 2.94. The van der Waals surface area contributed by atoms with E-state index in [9.17, 15) is 9.59 Å². The largest absolute Gasteiger partial charge is 0.420 e. The lowest BCUT2D eigenvalue weighted by Crippen LogP contribution is -2.34. The maximum absolute atomic E-state index is 12.7. The van der Waals surface area contributed by atoms with Gasteiger partial charge in [0.1, 0.15) is 6.04 Å². The number of carbonyl (C=O) groups is 1. The van der Waals surface area contributed by atoms with Crippen LogP contribution < -0.4 is 11.1 Å². The minimum absolute atomic E-state index is 0.211. The van der Waals surface area contributed by atoms with Crippen molar-refractivity contribution in [1.82, 2.24) is 14.8 Å². The molecule has 158 valence electrons. The van der Waals surface area contributed by atoms with E-state index in [1.165, 1.54) is 48.9 Å². The topological polar surface area (TPSA) is 67.5 Å². The molecule has 0 aliphatic carbocycles. The average Bonchev–Trinajstić information content (AvgIpc) is 2.90. The maximum Gasteiger partial charge on any atom is 0.420 e. The fourth-order valence-corrected chi connectivity index (χ4v) is 4.12. The standard InChI is InChI=1S/C24H29N3O3/c1-18(27-21-8-4-5-9-22(21)30-24(27)29)23(28)25-16-19-10-12-20(13-11-19)17-26-14-6-2-3-7-15-26/h4-5,8-13,18H,2-3,6-7,14-17H2,1H3,(H,25,28). The van der Waals surface area contributed by atoms with Gasteiger partial charge in [0, 0.05) is 13.1 Å². The van der Waals surface area contributed by atoms with Gasteiger partial charge in [0.25, 0.3) is 0 Å². The molecule has 0 saturated carbocycles. The van der Waals surface area contributed by atoms with Crippen LogP contribution in [0.25, 0.3) is 11.1 Å². The summed E-state index contributed by atoms with van der Waals surface area (Å²) < 4.78 is 6.64. The molecule has 6 nitrogen and oxygen atoms in total. The van der Waals surface area contributed by atoms with Crippen LogP contribution in [-0.2, 0) is 17.9 Å². The van der Waals surface area contributed by atoms with Crippen molar-refractivity contribution in [3.63, 3.8) is 0 Å². The summed E-state index contributed by atoms with van der Waals surface area (Å²) in [7, 11) is 0. The minimum atomic E-state index is -0.650. The summed E-state index contributed by atoms with van der Waals surface area (Å²) in [6.07, 6.45) is 5.26. The second-order valence-electron chi connectivity index (χ2n) is 8.11. The minimum Gasteiger partial charge on any atom is -0.408 e. The van der Waals surface area contributed by atoms with Crippen LogP contribution in [-0.4, -0.2) is 28.5 Å². The fourth-order valence-electron chi connectivity index (χ4n) is 4.12. The Bertz CT molecular complexity index is 1040. The molecule has 2 heterocycles. The van der Waals surface area contributed by atoms with Crippen LogP contribution in [0.5, 0.6) is 0 Å². The normalized spacial score (nSPS) is 16.3. The van der Waals surface area contributed by atoms with Crippen LogP contribution in [0.4, 0.5) is 0 Å². The van der Waals surface area contributed by atoms with E-state index in [0.29, 0.717) is 17.6 Å². The first-order valence-corrected chi connectivity index (χ1v) is 10.8. The summed E-state index contributed by atoms with van der Waals surface area (Å²) in [5.74, 6) is -0.728. The molecular formula is C24H29N3O3. The summed E-state index contributed by atoms with van der Waals surface area (Å²) in [5.41, 5.74) is 3.46. The quantitative estimate of drug-likeness (QED) is 0.674. The van der Waals surface area contributed by atoms with Gasteiger partial charge in [-0.2, -0.15) is 0 Å². The van der Waals surface area contributed by atoms with Crippen molar-refractivity contribution in [2.75, 3.05) is 13.1 Å². The third-order valence-corrected chi connectivity index (χ3v) is 5.88. The smallest absolute Gasteiger partial charge is 0.408 e. The molecule has 0 radical (unpaired) electrons. The summed E-state index contributed by atoms with van der Waals surface area (Å²) >= 11 is 0. The molecule has 2 aromatic carbocycles. The molecule has 1 saturated heterocycles. The van der Waals surface area contributed by atoms with Gasteiger partial charge in [-0.3, -0.25) is 14.3 Å². The van der Waals surface area contributed by atoms with E-state index >= 15 is 0 Å². The lowest BCUT2D eigenvalue weighted by molar-refractivity contribution is -0.124. The fraction of sp³-hybridized carbons (Fsp3) is 0.417. The predicted molar refractivity (Wildman–Crippen MR) is 117 cm³/mol. The average molecular weight is 408 g/mol. The number of rotatable bonds is 6. The van der Waals surface area contributed by atoms with Crippen molar-refractivity contribution in [3.8, 4) is 0 Å². The Balaban J connectivity index is 1.35.